The number of nitrogens with two attached hydrogens (primary N) is 1. The lowest BCUT2D eigenvalue weighted by atomic mass is 10.4. The van der Waals surface area contributed by atoms with E-state index < -0.39 is 0 Å². The Hall–Kier alpha value is -1.80. The van der Waals surface area contributed by atoms with Crippen molar-refractivity contribution in [1.29, 1.82) is 5.26 Å². The summed E-state index contributed by atoms with van der Waals surface area (Å²) in [5.41, 5.74) is 6.41. The molecule has 0 saturated heterocycles. The Morgan fingerprint density at radius 1 is 1.79 bits per heavy atom. The molecular formula is C9H9N3OS. The minimum absolute atomic E-state index is 0.0268. The lowest BCUT2D eigenvalue weighted by Crippen LogP contribution is -2.02. The first-order valence-corrected chi connectivity index (χ1v) is 4.72. The van der Waals surface area contributed by atoms with Gasteiger partial charge in [0.2, 0.25) is 5.88 Å². The Balaban J connectivity index is 2.82. The average molecular weight is 207 g/mol. The van der Waals surface area contributed by atoms with Gasteiger partial charge in [0.05, 0.1) is 7.11 Å². The van der Waals surface area contributed by atoms with Crippen LogP contribution in [0.4, 0.5) is 0 Å². The van der Waals surface area contributed by atoms with E-state index in [0.29, 0.717) is 0 Å². The molecule has 4 nitrogen and oxygen atoms in total. The zero-order valence-electron chi connectivity index (χ0n) is 7.60. The fraction of sp³-hybridized carbons (Fsp3) is 0.111. The normalized spacial score (nSPS) is 12.3. The van der Waals surface area contributed by atoms with Crippen LogP contribution in [-0.2, 0) is 4.74 Å². The molecule has 0 aliphatic heterocycles. The second-order valence-electron chi connectivity index (χ2n) is 2.34. The molecule has 14 heavy (non-hydrogen) atoms. The summed E-state index contributed by atoms with van der Waals surface area (Å²) < 4.78 is 4.70. The highest BCUT2D eigenvalue weighted by Crippen LogP contribution is 2.05. The number of ether oxygens (including phenoxy) is 1. The molecule has 0 fully saturated rings. The van der Waals surface area contributed by atoms with E-state index in [4.69, 9.17) is 15.7 Å². The predicted molar refractivity (Wildman–Crippen MR) is 55.7 cm³/mol. The van der Waals surface area contributed by atoms with E-state index in [2.05, 4.69) is 4.99 Å². The first kappa shape index (κ1) is 10.3. The lowest BCUT2D eigenvalue weighted by molar-refractivity contribution is 0.284. The third-order valence-electron chi connectivity index (χ3n) is 1.45. The highest BCUT2D eigenvalue weighted by molar-refractivity contribution is 7.08. The van der Waals surface area contributed by atoms with E-state index in [0.717, 1.165) is 5.56 Å². The number of aliphatic imine (C=N–C) groups is 1. The Morgan fingerprint density at radius 2 is 2.57 bits per heavy atom. The van der Waals surface area contributed by atoms with Crippen molar-refractivity contribution in [3.63, 3.8) is 0 Å². The summed E-state index contributed by atoms with van der Waals surface area (Å²) in [6.07, 6.45) is 1.57. The third-order valence-corrected chi connectivity index (χ3v) is 2.15. The van der Waals surface area contributed by atoms with Crippen LogP contribution in [0, 0.1) is 11.3 Å². The van der Waals surface area contributed by atoms with Crippen LogP contribution in [0.3, 0.4) is 0 Å². The van der Waals surface area contributed by atoms with Crippen LogP contribution in [0.25, 0.3) is 0 Å². The number of allylic oxidation sites excluding steroid dienone is 1. The highest BCUT2D eigenvalue weighted by Gasteiger charge is 1.99. The molecule has 1 aromatic rings. The predicted octanol–water partition coefficient (Wildman–Crippen LogP) is 1.46. The van der Waals surface area contributed by atoms with Gasteiger partial charge in [0, 0.05) is 11.8 Å². The number of nitrogens with zero attached hydrogens (tertiary/aromatic N) is 2. The van der Waals surface area contributed by atoms with Gasteiger partial charge in [-0.25, -0.2) is 4.99 Å². The molecule has 0 aliphatic rings. The summed E-state index contributed by atoms with van der Waals surface area (Å²) in [7, 11) is 1.40. The van der Waals surface area contributed by atoms with Gasteiger partial charge >= 0.3 is 0 Å². The van der Waals surface area contributed by atoms with Gasteiger partial charge in [-0.05, 0) is 16.8 Å². The molecular weight excluding hydrogens is 198 g/mol. The summed E-state index contributed by atoms with van der Waals surface area (Å²) in [6, 6.07) is 3.75. The minimum Gasteiger partial charge on any atom is -0.481 e. The maximum absolute atomic E-state index is 8.68. The van der Waals surface area contributed by atoms with Crippen LogP contribution in [0.15, 0.2) is 33.4 Å². The summed E-state index contributed by atoms with van der Waals surface area (Å²) in [6.45, 7) is 0. The lowest BCUT2D eigenvalue weighted by Gasteiger charge is -1.97. The van der Waals surface area contributed by atoms with Crippen molar-refractivity contribution in [2.45, 2.75) is 0 Å². The van der Waals surface area contributed by atoms with Gasteiger partial charge in [0.25, 0.3) is 0 Å². The number of hydrogen-bond acceptors (Lipinski definition) is 5. The van der Waals surface area contributed by atoms with Gasteiger partial charge in [-0.2, -0.15) is 16.6 Å². The van der Waals surface area contributed by atoms with Crippen molar-refractivity contribution >= 4 is 17.6 Å². The average Bonchev–Trinajstić information content (AvgIpc) is 2.71. The minimum atomic E-state index is 0.0268. The van der Waals surface area contributed by atoms with Crippen LogP contribution in [-0.4, -0.2) is 13.3 Å². The van der Waals surface area contributed by atoms with Crippen LogP contribution >= 0.6 is 11.3 Å². The van der Waals surface area contributed by atoms with E-state index >= 15 is 0 Å². The van der Waals surface area contributed by atoms with Crippen molar-refractivity contribution in [2.75, 3.05) is 7.11 Å². The van der Waals surface area contributed by atoms with Crippen molar-refractivity contribution < 1.29 is 4.74 Å². The molecule has 0 unspecified atom stereocenters. The van der Waals surface area contributed by atoms with Crippen molar-refractivity contribution in [3.05, 3.63) is 34.0 Å². The Labute approximate surface area is 85.9 Å². The monoisotopic (exact) mass is 207 g/mol. The molecule has 0 aromatic carbocycles. The molecule has 0 atom stereocenters. The molecule has 72 valence electrons. The standard InChI is InChI=1S/C9H9N3OS/c1-13-9(11)8(4-10)12-5-7-2-3-14-6-7/h2-3,5-6H,11H2,1H3/b9-8+,12-5?. The smallest absolute Gasteiger partial charge is 0.221 e. The molecule has 0 radical (unpaired) electrons. The van der Waals surface area contributed by atoms with Gasteiger partial charge in [-0.15, -0.1) is 0 Å². The first-order valence-electron chi connectivity index (χ1n) is 3.78. The number of rotatable bonds is 3. The second kappa shape index (κ2) is 5.04. The van der Waals surface area contributed by atoms with E-state index in [1.54, 1.807) is 17.6 Å². The summed E-state index contributed by atoms with van der Waals surface area (Å²) in [5, 5.41) is 12.5. The molecule has 5 heteroatoms. The topological polar surface area (TPSA) is 71.4 Å². The quantitative estimate of drug-likeness (QED) is 0.463. The molecule has 0 spiro atoms. The Kier molecular flexibility index (Phi) is 3.70. The van der Waals surface area contributed by atoms with Gasteiger partial charge < -0.3 is 10.5 Å². The zero-order chi connectivity index (χ0) is 10.4. The molecule has 1 rings (SSSR count). The molecule has 0 aliphatic carbocycles. The number of methoxy groups -OCH3 is 1. The van der Waals surface area contributed by atoms with E-state index in [9.17, 15) is 0 Å². The summed E-state index contributed by atoms with van der Waals surface area (Å²) >= 11 is 1.56. The highest BCUT2D eigenvalue weighted by atomic mass is 32.1. The van der Waals surface area contributed by atoms with Crippen molar-refractivity contribution in [3.8, 4) is 6.07 Å². The summed E-state index contributed by atoms with van der Waals surface area (Å²) in [5.74, 6) is 0.0268. The maximum Gasteiger partial charge on any atom is 0.221 e. The third kappa shape index (κ3) is 2.61. The maximum atomic E-state index is 8.68. The van der Waals surface area contributed by atoms with Crippen LogP contribution in [0.1, 0.15) is 5.56 Å². The van der Waals surface area contributed by atoms with Crippen LogP contribution in [0.2, 0.25) is 0 Å². The van der Waals surface area contributed by atoms with Gasteiger partial charge in [0.15, 0.2) is 5.70 Å². The van der Waals surface area contributed by atoms with Crippen molar-refractivity contribution in [1.82, 2.24) is 0 Å². The van der Waals surface area contributed by atoms with E-state index in [1.807, 2.05) is 22.9 Å². The number of hydrogen-bond donors (Lipinski definition) is 1. The van der Waals surface area contributed by atoms with E-state index in [1.165, 1.54) is 7.11 Å². The Morgan fingerprint density at radius 3 is 3.07 bits per heavy atom. The molecule has 1 aromatic heterocycles. The first-order chi connectivity index (χ1) is 6.77. The molecule has 0 bridgehead atoms. The van der Waals surface area contributed by atoms with Crippen LogP contribution < -0.4 is 5.73 Å². The largest absolute Gasteiger partial charge is 0.481 e. The van der Waals surface area contributed by atoms with Crippen molar-refractivity contribution in [2.24, 2.45) is 10.7 Å². The van der Waals surface area contributed by atoms with Gasteiger partial charge in [-0.1, -0.05) is 0 Å². The van der Waals surface area contributed by atoms with E-state index in [-0.39, 0.29) is 11.6 Å². The molecule has 2 N–H and O–H groups in total. The SMILES string of the molecule is CO/C(N)=C(\C#N)N=Cc1ccsc1. The summed E-state index contributed by atoms with van der Waals surface area (Å²) in [4.78, 5) is 3.91. The molecule has 1 heterocycles. The number of nitriles is 1. The number of thiophene rings is 1. The van der Waals surface area contributed by atoms with Gasteiger partial charge in [-0.3, -0.25) is 0 Å². The Bertz CT molecular complexity index is 387. The molecule has 0 amide bonds. The van der Waals surface area contributed by atoms with Gasteiger partial charge in [0.1, 0.15) is 6.07 Å². The second-order valence-corrected chi connectivity index (χ2v) is 3.12. The fourth-order valence-corrected chi connectivity index (χ4v) is 1.34. The fourth-order valence-electron chi connectivity index (χ4n) is 0.732. The zero-order valence-corrected chi connectivity index (χ0v) is 8.41. The van der Waals surface area contributed by atoms with Crippen LogP contribution in [0.5, 0.6) is 0 Å². The molecule has 0 saturated carbocycles.